The maximum Gasteiger partial charge on any atom is 0.211 e. The summed E-state index contributed by atoms with van der Waals surface area (Å²) in [6.07, 6.45) is 2.38. The molecule has 0 aromatic carbocycles. The first-order valence-electron chi connectivity index (χ1n) is 4.44. The van der Waals surface area contributed by atoms with Gasteiger partial charge in [0.15, 0.2) is 0 Å². The van der Waals surface area contributed by atoms with Gasteiger partial charge in [-0.05, 0) is 33.2 Å². The molecule has 0 spiro atoms. The fourth-order valence-electron chi connectivity index (χ4n) is 1.54. The molecule has 0 aliphatic carbocycles. The summed E-state index contributed by atoms with van der Waals surface area (Å²) in [5.41, 5.74) is 1.01. The number of nitrogens with zero attached hydrogens (tertiary/aromatic N) is 1. The molecule has 3 heteroatoms. The molecule has 1 saturated heterocycles. The highest BCUT2D eigenvalue weighted by Gasteiger charge is 2.21. The molecule has 1 aromatic heterocycles. The van der Waals surface area contributed by atoms with E-state index in [0.717, 1.165) is 30.3 Å². The van der Waals surface area contributed by atoms with E-state index in [9.17, 15) is 0 Å². The predicted molar refractivity (Wildman–Crippen MR) is 46.0 cm³/mol. The third-order valence-corrected chi connectivity index (χ3v) is 2.40. The number of aromatic nitrogens is 1. The Bertz CT molecular complexity index is 255. The third kappa shape index (κ3) is 1.25. The van der Waals surface area contributed by atoms with E-state index in [-0.39, 0.29) is 0 Å². The molecule has 1 aromatic rings. The Morgan fingerprint density at radius 2 is 2.33 bits per heavy atom. The smallest absolute Gasteiger partial charge is 0.211 e. The van der Waals surface area contributed by atoms with Crippen LogP contribution in [0.4, 0.5) is 0 Å². The molecular formula is C9H14N2O. The van der Waals surface area contributed by atoms with E-state index in [1.165, 1.54) is 6.42 Å². The van der Waals surface area contributed by atoms with Crippen LogP contribution in [0.1, 0.15) is 36.2 Å². The lowest BCUT2D eigenvalue weighted by Gasteiger charge is -2.02. The Kier molecular flexibility index (Phi) is 1.89. The average Bonchev–Trinajstić information content (AvgIpc) is 2.61. The monoisotopic (exact) mass is 166 g/mol. The van der Waals surface area contributed by atoms with Crippen LogP contribution >= 0.6 is 0 Å². The van der Waals surface area contributed by atoms with Gasteiger partial charge in [0, 0.05) is 0 Å². The van der Waals surface area contributed by atoms with Gasteiger partial charge in [0.2, 0.25) is 5.89 Å². The first kappa shape index (κ1) is 7.80. The third-order valence-electron chi connectivity index (χ3n) is 2.40. The number of nitrogens with one attached hydrogen (secondary N) is 1. The summed E-state index contributed by atoms with van der Waals surface area (Å²) < 4.78 is 5.52. The van der Waals surface area contributed by atoms with E-state index in [1.807, 2.05) is 13.8 Å². The van der Waals surface area contributed by atoms with Gasteiger partial charge in [-0.25, -0.2) is 4.98 Å². The Labute approximate surface area is 72.2 Å². The second kappa shape index (κ2) is 2.90. The van der Waals surface area contributed by atoms with Crippen LogP contribution in [-0.2, 0) is 0 Å². The Morgan fingerprint density at radius 3 is 2.83 bits per heavy atom. The van der Waals surface area contributed by atoms with Gasteiger partial charge < -0.3 is 9.73 Å². The minimum atomic E-state index is 0.359. The van der Waals surface area contributed by atoms with Gasteiger partial charge in [-0.15, -0.1) is 0 Å². The minimum absolute atomic E-state index is 0.359. The number of hydrogen-bond acceptors (Lipinski definition) is 3. The molecule has 0 radical (unpaired) electrons. The van der Waals surface area contributed by atoms with Gasteiger partial charge in [-0.3, -0.25) is 0 Å². The molecule has 1 aliphatic heterocycles. The van der Waals surface area contributed by atoms with Crippen molar-refractivity contribution in [2.45, 2.75) is 32.7 Å². The summed E-state index contributed by atoms with van der Waals surface area (Å²) in [6.45, 7) is 5.03. The van der Waals surface area contributed by atoms with Crippen molar-refractivity contribution >= 4 is 0 Å². The van der Waals surface area contributed by atoms with Crippen molar-refractivity contribution in [2.24, 2.45) is 0 Å². The lowest BCUT2D eigenvalue weighted by atomic mass is 10.2. The molecule has 1 aliphatic rings. The van der Waals surface area contributed by atoms with Gasteiger partial charge in [0.05, 0.1) is 11.7 Å². The van der Waals surface area contributed by atoms with E-state index in [2.05, 4.69) is 10.3 Å². The molecule has 0 saturated carbocycles. The van der Waals surface area contributed by atoms with Crippen molar-refractivity contribution < 1.29 is 4.42 Å². The summed E-state index contributed by atoms with van der Waals surface area (Å²) in [5.74, 6) is 1.81. The molecule has 2 heterocycles. The van der Waals surface area contributed by atoms with Crippen LogP contribution < -0.4 is 5.32 Å². The fourth-order valence-corrected chi connectivity index (χ4v) is 1.54. The van der Waals surface area contributed by atoms with Crippen LogP contribution in [0.25, 0.3) is 0 Å². The topological polar surface area (TPSA) is 38.1 Å². The zero-order valence-electron chi connectivity index (χ0n) is 7.55. The molecule has 1 fully saturated rings. The number of oxazole rings is 1. The summed E-state index contributed by atoms with van der Waals surface area (Å²) >= 11 is 0. The van der Waals surface area contributed by atoms with Crippen molar-refractivity contribution in [3.63, 3.8) is 0 Å². The standard InChI is InChI=1S/C9H14N2O/c1-6-7(2)12-9(11-6)8-4-3-5-10-8/h8,10H,3-5H2,1-2H3. The van der Waals surface area contributed by atoms with E-state index < -0.39 is 0 Å². The maximum absolute atomic E-state index is 5.52. The van der Waals surface area contributed by atoms with Crippen LogP contribution in [0.15, 0.2) is 4.42 Å². The van der Waals surface area contributed by atoms with Crippen molar-refractivity contribution in [3.8, 4) is 0 Å². The summed E-state index contributed by atoms with van der Waals surface area (Å²) in [5, 5.41) is 3.36. The number of aryl methyl sites for hydroxylation is 2. The lowest BCUT2D eigenvalue weighted by Crippen LogP contribution is -2.12. The predicted octanol–water partition coefficient (Wildman–Crippen LogP) is 1.72. The van der Waals surface area contributed by atoms with E-state index in [1.54, 1.807) is 0 Å². The summed E-state index contributed by atoms with van der Waals surface area (Å²) in [4.78, 5) is 4.36. The van der Waals surface area contributed by atoms with E-state index >= 15 is 0 Å². The highest BCUT2D eigenvalue weighted by molar-refractivity contribution is 5.08. The Balaban J connectivity index is 2.21. The second-order valence-corrected chi connectivity index (χ2v) is 3.34. The number of rotatable bonds is 1. The molecule has 2 rings (SSSR count). The minimum Gasteiger partial charge on any atom is -0.444 e. The van der Waals surface area contributed by atoms with Gasteiger partial charge in [-0.1, -0.05) is 0 Å². The van der Waals surface area contributed by atoms with Crippen LogP contribution in [0.3, 0.4) is 0 Å². The first-order valence-corrected chi connectivity index (χ1v) is 4.44. The highest BCUT2D eigenvalue weighted by atomic mass is 16.4. The molecule has 1 atom stereocenters. The summed E-state index contributed by atoms with van der Waals surface area (Å²) in [7, 11) is 0. The van der Waals surface area contributed by atoms with Gasteiger partial charge >= 0.3 is 0 Å². The molecule has 1 N–H and O–H groups in total. The van der Waals surface area contributed by atoms with Crippen molar-refractivity contribution in [2.75, 3.05) is 6.54 Å². The Morgan fingerprint density at radius 1 is 1.50 bits per heavy atom. The summed E-state index contributed by atoms with van der Waals surface area (Å²) in [6, 6.07) is 0.359. The molecule has 66 valence electrons. The quantitative estimate of drug-likeness (QED) is 0.690. The average molecular weight is 166 g/mol. The first-order chi connectivity index (χ1) is 5.77. The van der Waals surface area contributed by atoms with Gasteiger partial charge in [0.1, 0.15) is 5.76 Å². The maximum atomic E-state index is 5.52. The van der Waals surface area contributed by atoms with Gasteiger partial charge in [-0.2, -0.15) is 0 Å². The molecular weight excluding hydrogens is 152 g/mol. The van der Waals surface area contributed by atoms with Crippen molar-refractivity contribution in [1.29, 1.82) is 0 Å². The largest absolute Gasteiger partial charge is 0.444 e. The van der Waals surface area contributed by atoms with Gasteiger partial charge in [0.25, 0.3) is 0 Å². The zero-order valence-corrected chi connectivity index (χ0v) is 7.55. The second-order valence-electron chi connectivity index (χ2n) is 3.34. The Hall–Kier alpha value is -0.830. The highest BCUT2D eigenvalue weighted by Crippen LogP contribution is 2.23. The lowest BCUT2D eigenvalue weighted by molar-refractivity contribution is 0.414. The fraction of sp³-hybridized carbons (Fsp3) is 0.667. The van der Waals surface area contributed by atoms with Crippen molar-refractivity contribution in [1.82, 2.24) is 10.3 Å². The number of hydrogen-bond donors (Lipinski definition) is 1. The van der Waals surface area contributed by atoms with E-state index in [0.29, 0.717) is 6.04 Å². The van der Waals surface area contributed by atoms with Crippen LogP contribution in [0, 0.1) is 13.8 Å². The molecule has 3 nitrogen and oxygen atoms in total. The van der Waals surface area contributed by atoms with E-state index in [4.69, 9.17) is 4.42 Å². The SMILES string of the molecule is Cc1nc(C2CCCN2)oc1C. The van der Waals surface area contributed by atoms with Crippen LogP contribution in [0.2, 0.25) is 0 Å². The van der Waals surface area contributed by atoms with Crippen LogP contribution in [-0.4, -0.2) is 11.5 Å². The molecule has 0 amide bonds. The normalized spacial score (nSPS) is 23.3. The zero-order chi connectivity index (χ0) is 8.55. The van der Waals surface area contributed by atoms with Crippen LogP contribution in [0.5, 0.6) is 0 Å². The van der Waals surface area contributed by atoms with Crippen molar-refractivity contribution in [3.05, 3.63) is 17.3 Å². The molecule has 12 heavy (non-hydrogen) atoms. The molecule has 0 bridgehead atoms. The molecule has 1 unspecified atom stereocenters.